The van der Waals surface area contributed by atoms with Gasteiger partial charge < -0.3 is 9.80 Å². The number of amides is 2. The Labute approximate surface area is 146 Å². The molecule has 1 saturated heterocycles. The molecule has 4 nitrogen and oxygen atoms in total. The van der Waals surface area contributed by atoms with Crippen molar-refractivity contribution in [3.05, 3.63) is 64.7 Å². The molecule has 0 spiro atoms. The van der Waals surface area contributed by atoms with Crippen LogP contribution in [-0.2, 0) is 22.6 Å². The second-order valence-electron chi connectivity index (χ2n) is 5.80. The van der Waals surface area contributed by atoms with Crippen LogP contribution in [0.1, 0.15) is 18.1 Å². The zero-order valence-electron chi connectivity index (χ0n) is 13.5. The van der Waals surface area contributed by atoms with Crippen LogP contribution in [0.4, 0.5) is 5.69 Å². The monoisotopic (exact) mass is 342 g/mol. The van der Waals surface area contributed by atoms with E-state index in [9.17, 15) is 9.59 Å². The van der Waals surface area contributed by atoms with E-state index in [0.717, 1.165) is 23.2 Å². The Kier molecular flexibility index (Phi) is 4.86. The molecule has 2 aromatic rings. The lowest BCUT2D eigenvalue weighted by atomic mass is 10.1. The SMILES string of the molecule is CCc1cccc(N2CCN(Cc3ccccc3Cl)C(=O)C2=O)c1. The van der Waals surface area contributed by atoms with Crippen LogP contribution in [0.15, 0.2) is 48.5 Å². The number of halogens is 1. The highest BCUT2D eigenvalue weighted by Crippen LogP contribution is 2.22. The van der Waals surface area contributed by atoms with Crippen LogP contribution in [0.25, 0.3) is 0 Å². The number of hydrogen-bond acceptors (Lipinski definition) is 2. The maximum Gasteiger partial charge on any atom is 0.316 e. The Morgan fingerprint density at radius 1 is 1.00 bits per heavy atom. The molecule has 0 radical (unpaired) electrons. The van der Waals surface area contributed by atoms with Crippen LogP contribution >= 0.6 is 11.6 Å². The summed E-state index contributed by atoms with van der Waals surface area (Å²) in [5.74, 6) is -0.968. The number of nitrogens with zero attached hydrogens (tertiary/aromatic N) is 2. The quantitative estimate of drug-likeness (QED) is 0.800. The highest BCUT2D eigenvalue weighted by Gasteiger charge is 2.33. The van der Waals surface area contributed by atoms with E-state index in [2.05, 4.69) is 6.92 Å². The Balaban J connectivity index is 1.76. The fourth-order valence-electron chi connectivity index (χ4n) is 2.85. The third-order valence-corrected chi connectivity index (χ3v) is 4.63. The van der Waals surface area contributed by atoms with Crippen molar-refractivity contribution in [3.63, 3.8) is 0 Å². The third kappa shape index (κ3) is 3.29. The molecule has 1 heterocycles. The number of rotatable bonds is 4. The van der Waals surface area contributed by atoms with Gasteiger partial charge in [-0.2, -0.15) is 0 Å². The largest absolute Gasteiger partial charge is 0.328 e. The summed E-state index contributed by atoms with van der Waals surface area (Å²) in [6.45, 7) is 3.40. The molecule has 2 aromatic carbocycles. The first-order chi connectivity index (χ1) is 11.6. The standard InChI is InChI=1S/C19H19ClN2O2/c1-2-14-6-5-8-16(12-14)22-11-10-21(18(23)19(22)24)13-15-7-3-4-9-17(15)20/h3-9,12H,2,10-11,13H2,1H3. The van der Waals surface area contributed by atoms with Crippen LogP contribution in [0.5, 0.6) is 0 Å². The number of aryl methyl sites for hydroxylation is 1. The van der Waals surface area contributed by atoms with Crippen molar-refractivity contribution in [3.8, 4) is 0 Å². The molecule has 1 fully saturated rings. The first-order valence-electron chi connectivity index (χ1n) is 8.03. The summed E-state index contributed by atoms with van der Waals surface area (Å²) in [7, 11) is 0. The van der Waals surface area contributed by atoms with E-state index in [1.54, 1.807) is 15.9 Å². The number of benzene rings is 2. The van der Waals surface area contributed by atoms with E-state index in [0.29, 0.717) is 24.7 Å². The van der Waals surface area contributed by atoms with E-state index in [1.807, 2.05) is 42.5 Å². The van der Waals surface area contributed by atoms with Crippen molar-refractivity contribution in [2.75, 3.05) is 18.0 Å². The maximum absolute atomic E-state index is 12.5. The van der Waals surface area contributed by atoms with Gasteiger partial charge in [0.15, 0.2) is 0 Å². The van der Waals surface area contributed by atoms with E-state index < -0.39 is 11.8 Å². The summed E-state index contributed by atoms with van der Waals surface area (Å²) < 4.78 is 0. The van der Waals surface area contributed by atoms with Crippen LogP contribution in [0.2, 0.25) is 5.02 Å². The highest BCUT2D eigenvalue weighted by atomic mass is 35.5. The number of carbonyl (C=O) groups is 2. The normalized spacial score (nSPS) is 15.1. The molecule has 24 heavy (non-hydrogen) atoms. The molecule has 0 atom stereocenters. The molecule has 0 saturated carbocycles. The summed E-state index contributed by atoms with van der Waals surface area (Å²) in [4.78, 5) is 28.1. The van der Waals surface area contributed by atoms with E-state index in [1.165, 1.54) is 0 Å². The molecule has 0 aliphatic carbocycles. The lowest BCUT2D eigenvalue weighted by Gasteiger charge is -2.34. The van der Waals surface area contributed by atoms with Gasteiger partial charge in [0.05, 0.1) is 0 Å². The lowest BCUT2D eigenvalue weighted by Crippen LogP contribution is -2.54. The minimum Gasteiger partial charge on any atom is -0.328 e. The minimum absolute atomic E-state index is 0.354. The minimum atomic E-state index is -0.485. The first-order valence-corrected chi connectivity index (χ1v) is 8.41. The van der Waals surface area contributed by atoms with Gasteiger partial charge in [0, 0.05) is 30.3 Å². The summed E-state index contributed by atoms with van der Waals surface area (Å²) in [6.07, 6.45) is 0.891. The van der Waals surface area contributed by atoms with Gasteiger partial charge in [-0.15, -0.1) is 0 Å². The fourth-order valence-corrected chi connectivity index (χ4v) is 3.04. The van der Waals surface area contributed by atoms with Gasteiger partial charge >= 0.3 is 11.8 Å². The molecule has 0 aromatic heterocycles. The van der Waals surface area contributed by atoms with E-state index in [-0.39, 0.29) is 0 Å². The van der Waals surface area contributed by atoms with Crippen LogP contribution in [-0.4, -0.2) is 29.8 Å². The predicted octanol–water partition coefficient (Wildman–Crippen LogP) is 3.28. The molecule has 124 valence electrons. The lowest BCUT2D eigenvalue weighted by molar-refractivity contribution is -0.146. The van der Waals surface area contributed by atoms with Crippen molar-refractivity contribution < 1.29 is 9.59 Å². The smallest absolute Gasteiger partial charge is 0.316 e. The third-order valence-electron chi connectivity index (χ3n) is 4.26. The van der Waals surface area contributed by atoms with Gasteiger partial charge in [-0.25, -0.2) is 0 Å². The summed E-state index contributed by atoms with van der Waals surface area (Å²) in [6, 6.07) is 15.2. The van der Waals surface area contributed by atoms with Crippen molar-refractivity contribution in [1.29, 1.82) is 0 Å². The first kappa shape index (κ1) is 16.5. The number of anilines is 1. The van der Waals surface area contributed by atoms with Crippen LogP contribution < -0.4 is 4.90 Å². The average Bonchev–Trinajstić information content (AvgIpc) is 2.61. The number of piperazine rings is 1. The maximum atomic E-state index is 12.5. The Bertz CT molecular complexity index is 775. The van der Waals surface area contributed by atoms with Crippen molar-refractivity contribution >= 4 is 29.1 Å². The Hall–Kier alpha value is -2.33. The second-order valence-corrected chi connectivity index (χ2v) is 6.21. The fraction of sp³-hybridized carbons (Fsp3) is 0.263. The Morgan fingerprint density at radius 3 is 2.54 bits per heavy atom. The molecular weight excluding hydrogens is 324 g/mol. The van der Waals surface area contributed by atoms with Gasteiger partial charge in [0.2, 0.25) is 0 Å². The van der Waals surface area contributed by atoms with Crippen molar-refractivity contribution in [1.82, 2.24) is 4.90 Å². The van der Waals surface area contributed by atoms with E-state index in [4.69, 9.17) is 11.6 Å². The summed E-state index contributed by atoms with van der Waals surface area (Å²) >= 11 is 6.15. The Morgan fingerprint density at radius 2 is 1.79 bits per heavy atom. The summed E-state index contributed by atoms with van der Waals surface area (Å²) in [5, 5.41) is 0.607. The molecule has 2 amide bonds. The van der Waals surface area contributed by atoms with Gasteiger partial charge in [-0.05, 0) is 35.7 Å². The van der Waals surface area contributed by atoms with Gasteiger partial charge in [-0.3, -0.25) is 9.59 Å². The highest BCUT2D eigenvalue weighted by molar-refractivity contribution is 6.41. The molecule has 0 unspecified atom stereocenters. The predicted molar refractivity (Wildman–Crippen MR) is 95.0 cm³/mol. The average molecular weight is 343 g/mol. The molecule has 1 aliphatic heterocycles. The van der Waals surface area contributed by atoms with E-state index >= 15 is 0 Å². The zero-order valence-corrected chi connectivity index (χ0v) is 14.3. The molecule has 5 heteroatoms. The molecule has 0 bridgehead atoms. The van der Waals surface area contributed by atoms with Crippen LogP contribution in [0.3, 0.4) is 0 Å². The molecule has 0 N–H and O–H groups in total. The van der Waals surface area contributed by atoms with Gasteiger partial charge in [-0.1, -0.05) is 48.9 Å². The van der Waals surface area contributed by atoms with Crippen LogP contribution in [0, 0.1) is 0 Å². The number of carbonyl (C=O) groups excluding carboxylic acids is 2. The summed E-state index contributed by atoms with van der Waals surface area (Å²) in [5.41, 5.74) is 2.78. The number of hydrogen-bond donors (Lipinski definition) is 0. The molecule has 1 aliphatic rings. The van der Waals surface area contributed by atoms with Crippen molar-refractivity contribution in [2.24, 2.45) is 0 Å². The molecular formula is C19H19ClN2O2. The topological polar surface area (TPSA) is 40.6 Å². The van der Waals surface area contributed by atoms with Gasteiger partial charge in [0.25, 0.3) is 0 Å². The second kappa shape index (κ2) is 7.05. The zero-order chi connectivity index (χ0) is 17.1. The van der Waals surface area contributed by atoms with Crippen molar-refractivity contribution in [2.45, 2.75) is 19.9 Å². The molecule has 3 rings (SSSR count). The van der Waals surface area contributed by atoms with Gasteiger partial charge in [0.1, 0.15) is 0 Å².